The van der Waals surface area contributed by atoms with Crippen molar-refractivity contribution in [2.75, 3.05) is 11.1 Å². The molecule has 1 aliphatic heterocycles. The first-order chi connectivity index (χ1) is 12.1. The largest absolute Gasteiger partial charge is 0.315 e. The fraction of sp³-hybridized carbons (Fsp3) is 0.353. The van der Waals surface area contributed by atoms with Gasteiger partial charge in [0.05, 0.1) is 5.56 Å². The SMILES string of the molecule is CC(C)c1nnc(NC(=O)c2c(-n3cccc3)sc3c2CCSC3)s1. The molecule has 0 aromatic carbocycles. The maximum Gasteiger partial charge on any atom is 0.260 e. The summed E-state index contributed by atoms with van der Waals surface area (Å²) in [5.74, 6) is 2.27. The Balaban J connectivity index is 1.70. The van der Waals surface area contributed by atoms with Gasteiger partial charge in [-0.1, -0.05) is 25.2 Å². The van der Waals surface area contributed by atoms with E-state index in [0.717, 1.165) is 33.5 Å². The highest BCUT2D eigenvalue weighted by Crippen LogP contribution is 2.38. The quantitative estimate of drug-likeness (QED) is 0.710. The van der Waals surface area contributed by atoms with Crippen molar-refractivity contribution in [3.05, 3.63) is 45.5 Å². The second-order valence-corrected chi connectivity index (χ2v) is 9.33. The van der Waals surface area contributed by atoms with Crippen LogP contribution in [0.15, 0.2) is 24.5 Å². The van der Waals surface area contributed by atoms with Crippen LogP contribution in [0.25, 0.3) is 5.00 Å². The van der Waals surface area contributed by atoms with Gasteiger partial charge in [-0.05, 0) is 29.9 Å². The zero-order valence-corrected chi connectivity index (χ0v) is 16.4. The first-order valence-electron chi connectivity index (χ1n) is 8.14. The van der Waals surface area contributed by atoms with Crippen molar-refractivity contribution >= 4 is 45.5 Å². The minimum atomic E-state index is -0.0837. The van der Waals surface area contributed by atoms with E-state index in [4.69, 9.17) is 0 Å². The maximum atomic E-state index is 13.1. The molecule has 1 amide bonds. The van der Waals surface area contributed by atoms with Gasteiger partial charge in [0.15, 0.2) is 0 Å². The summed E-state index contributed by atoms with van der Waals surface area (Å²) in [5.41, 5.74) is 1.98. The van der Waals surface area contributed by atoms with Gasteiger partial charge >= 0.3 is 0 Å². The van der Waals surface area contributed by atoms with Gasteiger partial charge in [-0.3, -0.25) is 10.1 Å². The van der Waals surface area contributed by atoms with Crippen LogP contribution in [0.2, 0.25) is 0 Å². The number of hydrogen-bond acceptors (Lipinski definition) is 6. The van der Waals surface area contributed by atoms with Gasteiger partial charge in [-0.25, -0.2) is 0 Å². The number of aromatic nitrogens is 3. The van der Waals surface area contributed by atoms with Crippen molar-refractivity contribution in [2.24, 2.45) is 0 Å². The number of anilines is 1. The molecule has 0 saturated heterocycles. The van der Waals surface area contributed by atoms with E-state index < -0.39 is 0 Å². The second kappa shape index (κ2) is 6.93. The van der Waals surface area contributed by atoms with E-state index in [1.807, 2.05) is 40.9 Å². The average molecular weight is 391 g/mol. The molecular formula is C17H18N4OS3. The number of rotatable bonds is 4. The van der Waals surface area contributed by atoms with E-state index in [2.05, 4.69) is 29.4 Å². The first kappa shape index (κ1) is 16.8. The zero-order chi connectivity index (χ0) is 17.4. The minimum Gasteiger partial charge on any atom is -0.315 e. The second-order valence-electron chi connectivity index (χ2n) is 6.13. The molecule has 0 spiro atoms. The number of nitrogens with one attached hydrogen (secondary N) is 1. The summed E-state index contributed by atoms with van der Waals surface area (Å²) in [6, 6.07) is 3.96. The molecule has 3 aromatic rings. The van der Waals surface area contributed by atoms with E-state index in [0.29, 0.717) is 11.0 Å². The Morgan fingerprint density at radius 2 is 2.04 bits per heavy atom. The standard InChI is InChI=1S/C17H18N4OS3/c1-10(2)15-19-20-17(25-15)18-14(22)13-11-5-8-23-9-12(11)24-16(13)21-6-3-4-7-21/h3-4,6-7,10H,5,8-9H2,1-2H3,(H,18,20,22). The molecule has 8 heteroatoms. The molecule has 0 aliphatic carbocycles. The fourth-order valence-corrected chi connectivity index (χ4v) is 5.97. The number of thioether (sulfide) groups is 1. The number of thiophene rings is 1. The Morgan fingerprint density at radius 1 is 1.24 bits per heavy atom. The first-order valence-corrected chi connectivity index (χ1v) is 10.9. The summed E-state index contributed by atoms with van der Waals surface area (Å²) in [4.78, 5) is 14.4. The maximum absolute atomic E-state index is 13.1. The minimum absolute atomic E-state index is 0.0837. The molecule has 1 aliphatic rings. The third kappa shape index (κ3) is 3.26. The predicted octanol–water partition coefficient (Wildman–Crippen LogP) is 4.56. The summed E-state index contributed by atoms with van der Waals surface area (Å²) >= 11 is 5.09. The number of carbonyl (C=O) groups is 1. The number of carbonyl (C=O) groups excluding carboxylic acids is 1. The monoisotopic (exact) mass is 390 g/mol. The van der Waals surface area contributed by atoms with Crippen molar-refractivity contribution in [3.8, 4) is 5.00 Å². The summed E-state index contributed by atoms with van der Waals surface area (Å²) in [5, 5.41) is 13.7. The highest BCUT2D eigenvalue weighted by molar-refractivity contribution is 7.98. The molecule has 0 unspecified atom stereocenters. The highest BCUT2D eigenvalue weighted by atomic mass is 32.2. The van der Waals surface area contributed by atoms with Crippen LogP contribution in [-0.4, -0.2) is 26.4 Å². The molecule has 1 N–H and O–H groups in total. The van der Waals surface area contributed by atoms with Gasteiger partial charge in [0, 0.05) is 28.9 Å². The molecule has 25 heavy (non-hydrogen) atoms. The van der Waals surface area contributed by atoms with Gasteiger partial charge in [0.25, 0.3) is 5.91 Å². The topological polar surface area (TPSA) is 59.8 Å². The smallest absolute Gasteiger partial charge is 0.260 e. The van der Waals surface area contributed by atoms with Crippen LogP contribution in [0.1, 0.15) is 45.6 Å². The molecule has 0 saturated carbocycles. The van der Waals surface area contributed by atoms with Crippen LogP contribution in [0.3, 0.4) is 0 Å². The number of nitrogens with zero attached hydrogens (tertiary/aromatic N) is 3. The van der Waals surface area contributed by atoms with E-state index in [9.17, 15) is 4.79 Å². The number of fused-ring (bicyclic) bond motifs is 1. The Kier molecular flexibility index (Phi) is 4.66. The number of hydrogen-bond donors (Lipinski definition) is 1. The fourth-order valence-electron chi connectivity index (χ4n) is 2.78. The van der Waals surface area contributed by atoms with Crippen molar-refractivity contribution < 1.29 is 4.79 Å². The third-order valence-corrected chi connectivity index (χ3v) is 7.58. The van der Waals surface area contributed by atoms with Gasteiger partial charge in [0.2, 0.25) is 5.13 Å². The lowest BCUT2D eigenvalue weighted by molar-refractivity contribution is 0.102. The molecule has 0 radical (unpaired) electrons. The summed E-state index contributed by atoms with van der Waals surface area (Å²) in [7, 11) is 0. The summed E-state index contributed by atoms with van der Waals surface area (Å²) in [6.07, 6.45) is 4.92. The van der Waals surface area contributed by atoms with Crippen LogP contribution in [0, 0.1) is 0 Å². The van der Waals surface area contributed by atoms with E-state index in [1.165, 1.54) is 21.8 Å². The molecule has 130 valence electrons. The van der Waals surface area contributed by atoms with Crippen LogP contribution >= 0.6 is 34.4 Å². The average Bonchev–Trinajstić information content (AvgIpc) is 3.33. The van der Waals surface area contributed by atoms with E-state index >= 15 is 0 Å². The van der Waals surface area contributed by atoms with Gasteiger partial charge in [-0.15, -0.1) is 21.5 Å². The molecule has 4 rings (SSSR count). The normalized spacial score (nSPS) is 13.9. The summed E-state index contributed by atoms with van der Waals surface area (Å²) in [6.45, 7) is 4.15. The molecule has 3 aromatic heterocycles. The Morgan fingerprint density at radius 3 is 2.76 bits per heavy atom. The van der Waals surface area contributed by atoms with Crippen molar-refractivity contribution in [1.82, 2.24) is 14.8 Å². The van der Waals surface area contributed by atoms with Gasteiger partial charge < -0.3 is 4.57 Å². The Hall–Kier alpha value is -1.64. The zero-order valence-electron chi connectivity index (χ0n) is 14.0. The molecule has 4 heterocycles. The Labute approximate surface area is 158 Å². The molecule has 5 nitrogen and oxygen atoms in total. The van der Waals surface area contributed by atoms with Gasteiger partial charge in [-0.2, -0.15) is 11.8 Å². The van der Waals surface area contributed by atoms with Crippen molar-refractivity contribution in [1.29, 1.82) is 0 Å². The lowest BCUT2D eigenvalue weighted by atomic mass is 10.1. The van der Waals surface area contributed by atoms with Crippen LogP contribution in [-0.2, 0) is 12.2 Å². The molecular weight excluding hydrogens is 372 g/mol. The lowest BCUT2D eigenvalue weighted by Gasteiger charge is -2.12. The van der Waals surface area contributed by atoms with Crippen LogP contribution < -0.4 is 5.32 Å². The van der Waals surface area contributed by atoms with Crippen LogP contribution in [0.5, 0.6) is 0 Å². The highest BCUT2D eigenvalue weighted by Gasteiger charge is 2.27. The lowest BCUT2D eigenvalue weighted by Crippen LogP contribution is -2.16. The predicted molar refractivity (Wildman–Crippen MR) is 105 cm³/mol. The molecule has 0 atom stereocenters. The molecule has 0 bridgehead atoms. The number of amides is 1. The van der Waals surface area contributed by atoms with Crippen molar-refractivity contribution in [2.45, 2.75) is 31.9 Å². The van der Waals surface area contributed by atoms with E-state index in [1.54, 1.807) is 11.3 Å². The van der Waals surface area contributed by atoms with Gasteiger partial charge in [0.1, 0.15) is 10.0 Å². The van der Waals surface area contributed by atoms with Crippen molar-refractivity contribution in [3.63, 3.8) is 0 Å². The van der Waals surface area contributed by atoms with Crippen LogP contribution in [0.4, 0.5) is 5.13 Å². The third-order valence-electron chi connectivity index (χ3n) is 4.02. The Bertz CT molecular complexity index is 895. The molecule has 0 fully saturated rings. The summed E-state index contributed by atoms with van der Waals surface area (Å²) < 4.78 is 2.03. The van der Waals surface area contributed by atoms with E-state index in [-0.39, 0.29) is 5.91 Å².